The summed E-state index contributed by atoms with van der Waals surface area (Å²) in [6.45, 7) is 0.972. The van der Waals surface area contributed by atoms with E-state index in [0.717, 1.165) is 6.92 Å². The summed E-state index contributed by atoms with van der Waals surface area (Å²) in [6.07, 6.45) is 0. The van der Waals surface area contributed by atoms with Gasteiger partial charge in [0, 0.05) is 5.97 Å². The van der Waals surface area contributed by atoms with Gasteiger partial charge in [-0.3, -0.25) is 0 Å². The number of carboxylic acid groups (broad SMARTS) is 1. The standard InChI is InChI=1S/C2H4O2.FH.Sn/c1-2(3)4;;/h1H3,(H,3,4);1H;/q;;+2/p-2. The summed E-state index contributed by atoms with van der Waals surface area (Å²) >= 11 is 0. The van der Waals surface area contributed by atoms with Gasteiger partial charge in [-0.05, 0) is 6.92 Å². The minimum Gasteiger partial charge on any atom is -1.00 e. The first-order valence-corrected chi connectivity index (χ1v) is 0.908. The normalized spacial score (nSPS) is 4.17. The Morgan fingerprint density at radius 3 is 1.67 bits per heavy atom. The van der Waals surface area contributed by atoms with Crippen LogP contribution in [0.2, 0.25) is 0 Å². The molecular formula is C2H3FO2Sn. The molecule has 2 nitrogen and oxygen atoms in total. The van der Waals surface area contributed by atoms with Gasteiger partial charge in [0.05, 0.1) is 0 Å². The molecule has 0 heterocycles. The van der Waals surface area contributed by atoms with Crippen LogP contribution < -0.4 is 9.81 Å². The van der Waals surface area contributed by atoms with E-state index in [-0.39, 0.29) is 28.6 Å². The van der Waals surface area contributed by atoms with Crippen LogP contribution in [0.5, 0.6) is 0 Å². The molecule has 0 bridgehead atoms. The van der Waals surface area contributed by atoms with Crippen LogP contribution in [0, 0.1) is 0 Å². The second-order valence-corrected chi connectivity index (χ2v) is 0.492. The molecule has 6 heavy (non-hydrogen) atoms. The number of carboxylic acids is 1. The number of halogens is 1. The van der Waals surface area contributed by atoms with E-state index in [1.807, 2.05) is 0 Å². The van der Waals surface area contributed by atoms with Crippen molar-refractivity contribution in [3.8, 4) is 0 Å². The first-order valence-electron chi connectivity index (χ1n) is 0.908. The van der Waals surface area contributed by atoms with Crippen LogP contribution in [0.15, 0.2) is 0 Å². The summed E-state index contributed by atoms with van der Waals surface area (Å²) in [4.78, 5) is 8.89. The van der Waals surface area contributed by atoms with Gasteiger partial charge in [-0.1, -0.05) is 0 Å². The zero-order chi connectivity index (χ0) is 3.58. The third kappa shape index (κ3) is 1090. The Kier molecular flexibility index (Phi) is 24.4. The largest absolute Gasteiger partial charge is 2.00 e. The van der Waals surface area contributed by atoms with E-state index < -0.39 is 5.97 Å². The van der Waals surface area contributed by atoms with E-state index in [4.69, 9.17) is 9.90 Å². The number of rotatable bonds is 0. The number of hydrogen-bond acceptors (Lipinski definition) is 2. The maximum atomic E-state index is 8.89. The van der Waals surface area contributed by atoms with Gasteiger partial charge in [0.25, 0.3) is 0 Å². The smallest absolute Gasteiger partial charge is 1.00 e. The monoisotopic (exact) mass is 198 g/mol. The van der Waals surface area contributed by atoms with Crippen molar-refractivity contribution in [3.63, 3.8) is 0 Å². The van der Waals surface area contributed by atoms with Crippen molar-refractivity contribution in [1.82, 2.24) is 0 Å². The Morgan fingerprint density at radius 2 is 1.67 bits per heavy atom. The fourth-order valence-corrected chi connectivity index (χ4v) is 0. The molecule has 0 aromatic rings. The summed E-state index contributed by atoms with van der Waals surface area (Å²) in [5.41, 5.74) is 0. The SMILES string of the molecule is CC(=O)[O-].[F-].[Sn+2]. The summed E-state index contributed by atoms with van der Waals surface area (Å²) in [5.74, 6) is -1.08. The van der Waals surface area contributed by atoms with Crippen LogP contribution in [0.25, 0.3) is 0 Å². The van der Waals surface area contributed by atoms with Crippen LogP contribution in [0.3, 0.4) is 0 Å². The fraction of sp³-hybridized carbons (Fsp3) is 0.500. The molecule has 0 unspecified atom stereocenters. The molecule has 0 aromatic carbocycles. The molecule has 0 fully saturated rings. The van der Waals surface area contributed by atoms with Gasteiger partial charge < -0.3 is 14.6 Å². The van der Waals surface area contributed by atoms with Gasteiger partial charge >= 0.3 is 23.9 Å². The van der Waals surface area contributed by atoms with Gasteiger partial charge in [-0.15, -0.1) is 0 Å². The molecule has 0 aromatic heterocycles. The van der Waals surface area contributed by atoms with Crippen LogP contribution in [0.4, 0.5) is 0 Å². The summed E-state index contributed by atoms with van der Waals surface area (Å²) < 4.78 is 0. The predicted octanol–water partition coefficient (Wildman–Crippen LogP) is -4.62. The van der Waals surface area contributed by atoms with E-state index in [1.165, 1.54) is 0 Å². The van der Waals surface area contributed by atoms with Crippen molar-refractivity contribution < 1.29 is 14.6 Å². The maximum Gasteiger partial charge on any atom is 2.00 e. The summed E-state index contributed by atoms with van der Waals surface area (Å²) in [5, 5.41) is 8.89. The Balaban J connectivity index is -0.0000000450. The fourth-order valence-electron chi connectivity index (χ4n) is 0. The molecule has 0 rings (SSSR count). The Bertz CT molecular complexity index is 34.5. The Hall–Kier alpha value is 0.199. The van der Waals surface area contributed by atoms with Gasteiger partial charge in [0.2, 0.25) is 0 Å². The zero-order valence-electron chi connectivity index (χ0n) is 3.19. The summed E-state index contributed by atoms with van der Waals surface area (Å²) in [7, 11) is 0. The number of carbonyl (C=O) groups excluding carboxylic acids is 1. The topological polar surface area (TPSA) is 40.1 Å². The van der Waals surface area contributed by atoms with Gasteiger partial charge in [-0.2, -0.15) is 0 Å². The van der Waals surface area contributed by atoms with E-state index >= 15 is 0 Å². The van der Waals surface area contributed by atoms with Crippen molar-refractivity contribution in [2.24, 2.45) is 0 Å². The average molecular weight is 197 g/mol. The molecule has 0 saturated carbocycles. The minimum absolute atomic E-state index is 0. The number of aliphatic carboxylic acids is 1. The predicted molar refractivity (Wildman–Crippen MR) is 16.4 cm³/mol. The molecule has 0 N–H and O–H groups in total. The van der Waals surface area contributed by atoms with E-state index in [9.17, 15) is 0 Å². The van der Waals surface area contributed by atoms with Crippen molar-refractivity contribution in [1.29, 1.82) is 0 Å². The van der Waals surface area contributed by atoms with Crippen molar-refractivity contribution >= 4 is 29.9 Å². The van der Waals surface area contributed by atoms with Crippen LogP contribution in [0.1, 0.15) is 6.92 Å². The quantitative estimate of drug-likeness (QED) is 0.366. The Morgan fingerprint density at radius 1 is 1.67 bits per heavy atom. The molecule has 0 aliphatic rings. The molecule has 2 radical (unpaired) electrons. The Labute approximate surface area is 51.9 Å². The van der Waals surface area contributed by atoms with Crippen LogP contribution in [-0.4, -0.2) is 29.9 Å². The van der Waals surface area contributed by atoms with Gasteiger partial charge in [0.1, 0.15) is 0 Å². The average Bonchev–Trinajstić information content (AvgIpc) is 0.811. The number of hydrogen-bond donors (Lipinski definition) is 0. The van der Waals surface area contributed by atoms with Crippen LogP contribution >= 0.6 is 0 Å². The first kappa shape index (κ1) is 16.4. The molecule has 0 atom stereocenters. The summed E-state index contributed by atoms with van der Waals surface area (Å²) in [6, 6.07) is 0. The molecule has 34 valence electrons. The van der Waals surface area contributed by atoms with E-state index in [0.29, 0.717) is 0 Å². The van der Waals surface area contributed by atoms with Crippen molar-refractivity contribution in [2.45, 2.75) is 6.92 Å². The maximum absolute atomic E-state index is 8.89. The molecule has 0 spiro atoms. The molecule has 0 saturated heterocycles. The second-order valence-electron chi connectivity index (χ2n) is 0.492. The molecule has 0 amide bonds. The van der Waals surface area contributed by atoms with Crippen molar-refractivity contribution in [3.05, 3.63) is 0 Å². The van der Waals surface area contributed by atoms with Gasteiger partial charge in [-0.25, -0.2) is 0 Å². The molecule has 0 aliphatic heterocycles. The van der Waals surface area contributed by atoms with E-state index in [1.54, 1.807) is 0 Å². The van der Waals surface area contributed by atoms with E-state index in [2.05, 4.69) is 0 Å². The molecule has 0 aliphatic carbocycles. The third-order valence-corrected chi connectivity index (χ3v) is 0. The number of carbonyl (C=O) groups is 1. The van der Waals surface area contributed by atoms with Crippen molar-refractivity contribution in [2.75, 3.05) is 0 Å². The van der Waals surface area contributed by atoms with Crippen LogP contribution in [-0.2, 0) is 4.79 Å². The van der Waals surface area contributed by atoms with Gasteiger partial charge in [0.15, 0.2) is 0 Å². The third-order valence-electron chi connectivity index (χ3n) is 0. The zero-order valence-corrected chi connectivity index (χ0v) is 6.05. The second kappa shape index (κ2) is 8.96. The molecular weight excluding hydrogens is 194 g/mol. The molecule has 4 heteroatoms. The first-order chi connectivity index (χ1) is 1.73. The minimum atomic E-state index is -1.08.